The largest absolute Gasteiger partial charge is 0.475 e. The molecule has 0 spiro atoms. The second-order valence-electron chi connectivity index (χ2n) is 8.60. The van der Waals surface area contributed by atoms with Crippen LogP contribution in [-0.4, -0.2) is 59.8 Å². The van der Waals surface area contributed by atoms with E-state index in [0.717, 1.165) is 6.54 Å². The van der Waals surface area contributed by atoms with E-state index < -0.39 is 22.7 Å². The molecule has 2 unspecified atom stereocenters. The molecule has 0 amide bonds. The summed E-state index contributed by atoms with van der Waals surface area (Å²) in [5.41, 5.74) is 2.40. The molecule has 33 heavy (non-hydrogen) atoms. The van der Waals surface area contributed by atoms with Crippen LogP contribution in [0.5, 0.6) is 5.88 Å². The first kappa shape index (κ1) is 24.3. The summed E-state index contributed by atoms with van der Waals surface area (Å²) in [6, 6.07) is 8.07. The monoisotopic (exact) mass is 454 g/mol. The number of non-ortho nitro benzene ring substituents is 1. The first-order valence-electron chi connectivity index (χ1n) is 11.0. The number of pyridine rings is 1. The number of hydrogen-bond donors (Lipinski definition) is 0. The Morgan fingerprint density at radius 1 is 1.27 bits per heavy atom. The van der Waals surface area contributed by atoms with Crippen molar-refractivity contribution in [3.63, 3.8) is 0 Å². The Morgan fingerprint density at radius 3 is 2.70 bits per heavy atom. The van der Waals surface area contributed by atoms with E-state index >= 15 is 0 Å². The standard InChI is InChI=1S/C24H30N4O5/c1-15(2)33-23-22-19(10-11-25-23)26-16(3)20(24(29)32-13-7-12-27(4)5)21(22)17-8-6-9-18(14-17)28(30)31/h6,8-11,14-15,20-21H,7,12-13H2,1-5H3. The normalized spacial score (nSPS) is 17.5. The highest BCUT2D eigenvalue weighted by Gasteiger charge is 2.41. The van der Waals surface area contributed by atoms with E-state index in [1.165, 1.54) is 12.1 Å². The van der Waals surface area contributed by atoms with Crippen LogP contribution in [0.2, 0.25) is 0 Å². The highest BCUT2D eigenvalue weighted by atomic mass is 16.6. The maximum atomic E-state index is 13.3. The van der Waals surface area contributed by atoms with Gasteiger partial charge in [-0.3, -0.25) is 19.9 Å². The van der Waals surface area contributed by atoms with Crippen LogP contribution in [0, 0.1) is 16.0 Å². The van der Waals surface area contributed by atoms with Gasteiger partial charge in [0.15, 0.2) is 0 Å². The summed E-state index contributed by atoms with van der Waals surface area (Å²) in [5.74, 6) is -1.39. The zero-order chi connectivity index (χ0) is 24.1. The molecule has 9 nitrogen and oxygen atoms in total. The molecule has 0 N–H and O–H groups in total. The van der Waals surface area contributed by atoms with Gasteiger partial charge in [-0.2, -0.15) is 0 Å². The molecule has 0 bridgehead atoms. The Morgan fingerprint density at radius 2 is 2.03 bits per heavy atom. The van der Waals surface area contributed by atoms with Crippen LogP contribution in [0.4, 0.5) is 11.4 Å². The topological polar surface area (TPSA) is 107 Å². The lowest BCUT2D eigenvalue weighted by Gasteiger charge is -2.32. The minimum Gasteiger partial charge on any atom is -0.475 e. The number of rotatable bonds is 9. The summed E-state index contributed by atoms with van der Waals surface area (Å²) in [5, 5.41) is 11.5. The van der Waals surface area contributed by atoms with Crippen molar-refractivity contribution in [3.8, 4) is 5.88 Å². The Hall–Kier alpha value is -3.33. The van der Waals surface area contributed by atoms with Gasteiger partial charge in [-0.25, -0.2) is 4.98 Å². The van der Waals surface area contributed by atoms with Crippen molar-refractivity contribution in [2.45, 2.75) is 39.2 Å². The highest BCUT2D eigenvalue weighted by molar-refractivity contribution is 6.05. The molecule has 1 aliphatic heterocycles. The Bertz CT molecular complexity index is 1050. The van der Waals surface area contributed by atoms with E-state index in [2.05, 4.69) is 9.98 Å². The summed E-state index contributed by atoms with van der Waals surface area (Å²) >= 11 is 0. The molecule has 2 heterocycles. The number of hydrogen-bond acceptors (Lipinski definition) is 8. The van der Waals surface area contributed by atoms with Crippen LogP contribution in [0.25, 0.3) is 0 Å². The van der Waals surface area contributed by atoms with Crippen LogP contribution in [0.3, 0.4) is 0 Å². The average Bonchev–Trinajstić information content (AvgIpc) is 2.75. The number of esters is 1. The molecule has 176 valence electrons. The molecule has 0 aliphatic carbocycles. The van der Waals surface area contributed by atoms with E-state index in [0.29, 0.717) is 34.8 Å². The van der Waals surface area contributed by atoms with Crippen molar-refractivity contribution < 1.29 is 19.2 Å². The summed E-state index contributed by atoms with van der Waals surface area (Å²) in [4.78, 5) is 35.4. The number of nitro groups is 1. The Balaban J connectivity index is 2.08. The van der Waals surface area contributed by atoms with Crippen LogP contribution >= 0.6 is 0 Å². The van der Waals surface area contributed by atoms with E-state index in [1.54, 1.807) is 31.3 Å². The SMILES string of the molecule is CC1=Nc2ccnc(OC(C)C)c2C(c2cccc([N+](=O)[O-])c2)C1C(=O)OCCCN(C)C. The van der Waals surface area contributed by atoms with Crippen molar-refractivity contribution in [1.82, 2.24) is 9.88 Å². The quantitative estimate of drug-likeness (QED) is 0.243. The summed E-state index contributed by atoms with van der Waals surface area (Å²) in [7, 11) is 3.91. The zero-order valence-corrected chi connectivity index (χ0v) is 19.6. The van der Waals surface area contributed by atoms with Gasteiger partial charge < -0.3 is 14.4 Å². The van der Waals surface area contributed by atoms with Crippen molar-refractivity contribution in [2.24, 2.45) is 10.9 Å². The summed E-state index contributed by atoms with van der Waals surface area (Å²) in [6.07, 6.45) is 2.15. The molecule has 0 saturated carbocycles. The van der Waals surface area contributed by atoms with E-state index in [9.17, 15) is 14.9 Å². The number of nitro benzene ring substituents is 1. The van der Waals surface area contributed by atoms with Gasteiger partial charge in [0.2, 0.25) is 5.88 Å². The smallest absolute Gasteiger partial charge is 0.315 e. The number of benzene rings is 1. The van der Waals surface area contributed by atoms with E-state index in [-0.39, 0.29) is 18.4 Å². The maximum Gasteiger partial charge on any atom is 0.315 e. The van der Waals surface area contributed by atoms with Gasteiger partial charge in [-0.15, -0.1) is 0 Å². The van der Waals surface area contributed by atoms with Crippen LogP contribution in [-0.2, 0) is 9.53 Å². The fraction of sp³-hybridized carbons (Fsp3) is 0.458. The molecule has 2 aromatic rings. The lowest BCUT2D eigenvalue weighted by atomic mass is 9.76. The van der Waals surface area contributed by atoms with E-state index in [1.807, 2.05) is 32.8 Å². The molecule has 2 atom stereocenters. The number of aromatic nitrogens is 1. The second kappa shape index (κ2) is 10.5. The van der Waals surface area contributed by atoms with Gasteiger partial charge in [-0.1, -0.05) is 12.1 Å². The zero-order valence-electron chi connectivity index (χ0n) is 19.6. The average molecular weight is 455 g/mol. The predicted octanol–water partition coefficient (Wildman–Crippen LogP) is 4.13. The molecule has 1 aliphatic rings. The third-order valence-corrected chi connectivity index (χ3v) is 5.36. The number of aliphatic imine (C=N–C) groups is 1. The number of ether oxygens (including phenoxy) is 2. The molecule has 1 aromatic heterocycles. The van der Waals surface area contributed by atoms with Crippen molar-refractivity contribution in [3.05, 3.63) is 57.8 Å². The molecule has 0 radical (unpaired) electrons. The van der Waals surface area contributed by atoms with Crippen LogP contribution in [0.15, 0.2) is 41.5 Å². The number of nitrogens with zero attached hydrogens (tertiary/aromatic N) is 4. The Labute approximate surface area is 193 Å². The highest BCUT2D eigenvalue weighted by Crippen LogP contribution is 2.47. The summed E-state index contributed by atoms with van der Waals surface area (Å²) < 4.78 is 11.6. The first-order valence-corrected chi connectivity index (χ1v) is 11.0. The van der Waals surface area contributed by atoms with Crippen molar-refractivity contribution in [1.29, 1.82) is 0 Å². The molecule has 1 aromatic carbocycles. The maximum absolute atomic E-state index is 13.3. The predicted molar refractivity (Wildman–Crippen MR) is 125 cm³/mol. The van der Waals surface area contributed by atoms with Gasteiger partial charge in [-0.05, 0) is 52.9 Å². The molecule has 3 rings (SSSR count). The van der Waals surface area contributed by atoms with Gasteiger partial charge in [0.25, 0.3) is 5.69 Å². The summed E-state index contributed by atoms with van der Waals surface area (Å²) in [6.45, 7) is 6.62. The molecule has 0 saturated heterocycles. The fourth-order valence-electron chi connectivity index (χ4n) is 3.96. The van der Waals surface area contributed by atoms with Gasteiger partial charge in [0.05, 0.1) is 23.3 Å². The lowest BCUT2D eigenvalue weighted by molar-refractivity contribution is -0.384. The molecular formula is C24H30N4O5. The molecular weight excluding hydrogens is 424 g/mol. The lowest BCUT2D eigenvalue weighted by Crippen LogP contribution is -2.34. The minimum absolute atomic E-state index is 0.0532. The van der Waals surface area contributed by atoms with Crippen LogP contribution in [0.1, 0.15) is 44.2 Å². The minimum atomic E-state index is -0.752. The fourth-order valence-corrected chi connectivity index (χ4v) is 3.96. The third kappa shape index (κ3) is 5.73. The van der Waals surface area contributed by atoms with E-state index in [4.69, 9.17) is 9.47 Å². The Kier molecular flexibility index (Phi) is 7.75. The third-order valence-electron chi connectivity index (χ3n) is 5.36. The van der Waals surface area contributed by atoms with Crippen molar-refractivity contribution >= 4 is 23.1 Å². The first-order chi connectivity index (χ1) is 15.7. The van der Waals surface area contributed by atoms with Crippen LogP contribution < -0.4 is 4.74 Å². The second-order valence-corrected chi connectivity index (χ2v) is 8.60. The van der Waals surface area contributed by atoms with Gasteiger partial charge in [0, 0.05) is 42.1 Å². The molecule has 9 heteroatoms. The number of carbonyl (C=O) groups is 1. The number of fused-ring (bicyclic) bond motifs is 1. The number of carbonyl (C=O) groups excluding carboxylic acids is 1. The molecule has 0 fully saturated rings. The van der Waals surface area contributed by atoms with Gasteiger partial charge >= 0.3 is 5.97 Å². The van der Waals surface area contributed by atoms with Crippen molar-refractivity contribution in [2.75, 3.05) is 27.2 Å². The van der Waals surface area contributed by atoms with Gasteiger partial charge in [0.1, 0.15) is 5.92 Å².